The topological polar surface area (TPSA) is 120 Å². The second kappa shape index (κ2) is 7.56. The van der Waals surface area contributed by atoms with Crippen LogP contribution in [0, 0.1) is 16.0 Å². The van der Waals surface area contributed by atoms with Crippen LogP contribution in [0.4, 0.5) is 10.5 Å². The Balaban J connectivity index is 2.01. The molecule has 1 aromatic rings. The van der Waals surface area contributed by atoms with E-state index in [0.29, 0.717) is 25.9 Å². The Kier molecular flexibility index (Phi) is 5.84. The van der Waals surface area contributed by atoms with Crippen molar-refractivity contribution in [3.8, 4) is 0 Å². The Morgan fingerprint density at radius 3 is 2.54 bits per heavy atom. The lowest BCUT2D eigenvalue weighted by atomic mass is 9.99. The van der Waals surface area contributed by atoms with Crippen molar-refractivity contribution < 1.29 is 22.9 Å². The number of hydrogen-bond donors (Lipinski definition) is 0. The molecule has 1 amide bonds. The first-order valence-corrected chi connectivity index (χ1v) is 9.95. The van der Waals surface area contributed by atoms with Gasteiger partial charge in [0.25, 0.3) is 0 Å². The number of pyridine rings is 1. The molecule has 1 fully saturated rings. The number of carbonyl (C=O) groups excluding carboxylic acids is 1. The molecular formula is C16H23N3O6S. The second-order valence-corrected chi connectivity index (χ2v) is 9.23. The molecule has 0 atom stereocenters. The lowest BCUT2D eigenvalue weighted by Gasteiger charge is -2.33. The van der Waals surface area contributed by atoms with Crippen LogP contribution in [0.1, 0.15) is 33.6 Å². The van der Waals surface area contributed by atoms with E-state index in [-0.39, 0.29) is 11.7 Å². The Labute approximate surface area is 152 Å². The van der Waals surface area contributed by atoms with Gasteiger partial charge >= 0.3 is 11.8 Å². The molecule has 0 N–H and O–H groups in total. The summed E-state index contributed by atoms with van der Waals surface area (Å²) in [7, 11) is -3.89. The van der Waals surface area contributed by atoms with Crippen molar-refractivity contribution in [3.05, 3.63) is 28.4 Å². The predicted molar refractivity (Wildman–Crippen MR) is 93.5 cm³/mol. The van der Waals surface area contributed by atoms with Gasteiger partial charge in [0.05, 0.1) is 10.7 Å². The maximum atomic E-state index is 12.6. The fraction of sp³-hybridized carbons (Fsp3) is 0.625. The minimum atomic E-state index is -3.89. The Morgan fingerprint density at radius 2 is 2.00 bits per heavy atom. The highest BCUT2D eigenvalue weighted by Gasteiger charge is 2.33. The summed E-state index contributed by atoms with van der Waals surface area (Å²) in [6.45, 7) is 6.12. The summed E-state index contributed by atoms with van der Waals surface area (Å²) >= 11 is 0. The van der Waals surface area contributed by atoms with E-state index in [0.717, 1.165) is 6.07 Å². The summed E-state index contributed by atoms with van der Waals surface area (Å²) in [6, 6.07) is 2.46. The molecule has 26 heavy (non-hydrogen) atoms. The molecule has 1 aromatic heterocycles. The van der Waals surface area contributed by atoms with Crippen LogP contribution in [0.25, 0.3) is 0 Å². The highest BCUT2D eigenvalue weighted by atomic mass is 32.2. The summed E-state index contributed by atoms with van der Waals surface area (Å²) in [5.74, 6) is -0.423. The van der Waals surface area contributed by atoms with Gasteiger partial charge in [0.15, 0.2) is 0 Å². The molecule has 144 valence electrons. The normalized spacial score (nSPS) is 16.3. The molecule has 0 radical (unpaired) electrons. The quantitative estimate of drug-likeness (QED) is 0.576. The van der Waals surface area contributed by atoms with Crippen molar-refractivity contribution in [2.24, 2.45) is 5.92 Å². The van der Waals surface area contributed by atoms with Crippen molar-refractivity contribution in [2.45, 2.75) is 44.2 Å². The number of ether oxygens (including phenoxy) is 1. The second-order valence-electron chi connectivity index (χ2n) is 7.28. The molecule has 0 saturated carbocycles. The molecule has 9 nitrogen and oxygen atoms in total. The van der Waals surface area contributed by atoms with E-state index in [1.54, 1.807) is 25.7 Å². The van der Waals surface area contributed by atoms with E-state index in [2.05, 4.69) is 4.98 Å². The first-order chi connectivity index (χ1) is 12.0. The van der Waals surface area contributed by atoms with Gasteiger partial charge in [0, 0.05) is 25.4 Å². The average Bonchev–Trinajstić information content (AvgIpc) is 2.53. The summed E-state index contributed by atoms with van der Waals surface area (Å²) in [6.07, 6.45) is 1.78. The number of piperidine rings is 1. The number of amides is 1. The molecule has 1 saturated heterocycles. The minimum Gasteiger partial charge on any atom is -0.444 e. The summed E-state index contributed by atoms with van der Waals surface area (Å²) in [5.41, 5.74) is -1.10. The van der Waals surface area contributed by atoms with Crippen LogP contribution in [-0.4, -0.2) is 53.8 Å². The number of aromatic nitrogens is 1. The lowest BCUT2D eigenvalue weighted by molar-refractivity contribution is -0.388. The van der Waals surface area contributed by atoms with Gasteiger partial charge in [-0.2, -0.15) is 0 Å². The van der Waals surface area contributed by atoms with Gasteiger partial charge in [-0.15, -0.1) is 0 Å². The highest BCUT2D eigenvalue weighted by molar-refractivity contribution is 7.91. The van der Waals surface area contributed by atoms with Gasteiger partial charge in [-0.3, -0.25) is 10.1 Å². The Bertz CT molecular complexity index is 779. The maximum absolute atomic E-state index is 12.6. The zero-order chi connectivity index (χ0) is 19.5. The number of carbonyl (C=O) groups is 1. The fourth-order valence-electron chi connectivity index (χ4n) is 2.76. The zero-order valence-electron chi connectivity index (χ0n) is 15.0. The molecule has 1 aliphatic rings. The molecule has 1 aliphatic heterocycles. The molecule has 0 spiro atoms. The molecular weight excluding hydrogens is 362 g/mol. The van der Waals surface area contributed by atoms with Crippen molar-refractivity contribution in [3.63, 3.8) is 0 Å². The van der Waals surface area contributed by atoms with Gasteiger partial charge in [-0.25, -0.2) is 18.2 Å². The number of sulfone groups is 1. The molecule has 0 bridgehead atoms. The van der Waals surface area contributed by atoms with Gasteiger partial charge < -0.3 is 9.64 Å². The van der Waals surface area contributed by atoms with E-state index in [9.17, 15) is 23.3 Å². The Hall–Kier alpha value is -2.23. The Morgan fingerprint density at radius 1 is 1.38 bits per heavy atom. The largest absolute Gasteiger partial charge is 0.444 e. The van der Waals surface area contributed by atoms with Gasteiger partial charge in [-0.05, 0) is 45.6 Å². The third kappa shape index (κ3) is 5.13. The van der Waals surface area contributed by atoms with Crippen LogP contribution in [0.15, 0.2) is 23.4 Å². The van der Waals surface area contributed by atoms with Crippen molar-refractivity contribution in [2.75, 3.05) is 18.8 Å². The smallest absolute Gasteiger partial charge is 0.410 e. The minimum absolute atomic E-state index is 0.194. The van der Waals surface area contributed by atoms with Crippen molar-refractivity contribution >= 4 is 21.6 Å². The molecule has 10 heteroatoms. The third-order valence-corrected chi connectivity index (χ3v) is 5.78. The van der Waals surface area contributed by atoms with Crippen molar-refractivity contribution in [1.29, 1.82) is 0 Å². The number of nitrogens with zero attached hydrogens (tertiary/aromatic N) is 3. The average molecular weight is 385 g/mol. The number of hydrogen-bond acceptors (Lipinski definition) is 7. The van der Waals surface area contributed by atoms with Crippen LogP contribution in [-0.2, 0) is 14.6 Å². The number of likely N-dealkylation sites (tertiary alicyclic amines) is 1. The standard InChI is InChI=1S/C16H23N3O6S/c1-16(2,3)25-15(20)18-9-6-12(7-10-18)11-26(23,24)14-13(19(21)22)5-4-8-17-14/h4-5,8,12H,6-7,9-11H2,1-3H3. The van der Waals surface area contributed by atoms with E-state index in [1.165, 1.54) is 12.3 Å². The summed E-state index contributed by atoms with van der Waals surface area (Å²) in [4.78, 5) is 27.6. The molecule has 0 aromatic carbocycles. The van der Waals surface area contributed by atoms with Crippen molar-refractivity contribution in [1.82, 2.24) is 9.88 Å². The third-order valence-electron chi connectivity index (χ3n) is 3.96. The molecule has 0 aliphatic carbocycles. The first kappa shape index (κ1) is 20.1. The van der Waals surface area contributed by atoms with Crippen LogP contribution < -0.4 is 0 Å². The number of nitro groups is 1. The SMILES string of the molecule is CC(C)(C)OC(=O)N1CCC(CS(=O)(=O)c2ncccc2[N+](=O)[O-])CC1. The number of rotatable bonds is 4. The van der Waals surface area contributed by atoms with Gasteiger partial charge in [0.1, 0.15) is 5.60 Å². The fourth-order valence-corrected chi connectivity index (χ4v) is 4.55. The lowest BCUT2D eigenvalue weighted by Crippen LogP contribution is -2.42. The molecule has 2 heterocycles. The summed E-state index contributed by atoms with van der Waals surface area (Å²) < 4.78 is 30.4. The van der Waals surface area contributed by atoms with Crippen LogP contribution in [0.5, 0.6) is 0 Å². The van der Waals surface area contributed by atoms with Gasteiger partial charge in [0.2, 0.25) is 14.9 Å². The van der Waals surface area contributed by atoms with Gasteiger partial charge in [-0.1, -0.05) is 0 Å². The van der Waals surface area contributed by atoms with Crippen LogP contribution in [0.2, 0.25) is 0 Å². The molecule has 2 rings (SSSR count). The summed E-state index contributed by atoms with van der Waals surface area (Å²) in [5, 5.41) is 10.5. The maximum Gasteiger partial charge on any atom is 0.410 e. The molecule has 0 unspecified atom stereocenters. The first-order valence-electron chi connectivity index (χ1n) is 8.30. The van der Waals surface area contributed by atoms with E-state index >= 15 is 0 Å². The highest BCUT2D eigenvalue weighted by Crippen LogP contribution is 2.27. The van der Waals surface area contributed by atoms with E-state index < -0.39 is 37.2 Å². The monoisotopic (exact) mass is 385 g/mol. The van der Waals surface area contributed by atoms with Crippen LogP contribution >= 0.6 is 0 Å². The van der Waals surface area contributed by atoms with E-state index in [4.69, 9.17) is 4.74 Å². The predicted octanol–water partition coefficient (Wildman–Crippen LogP) is 2.41. The van der Waals surface area contributed by atoms with Crippen LogP contribution in [0.3, 0.4) is 0 Å². The zero-order valence-corrected chi connectivity index (χ0v) is 15.9. The van der Waals surface area contributed by atoms with E-state index in [1.807, 2.05) is 0 Å².